The van der Waals surface area contributed by atoms with Gasteiger partial charge in [-0.25, -0.2) is 15.1 Å². The Morgan fingerprint density at radius 2 is 2.45 bits per heavy atom. The van der Waals surface area contributed by atoms with Crippen molar-refractivity contribution in [3.05, 3.63) is 10.1 Å². The maximum Gasteiger partial charge on any atom is 0.256 e. The molecule has 0 aromatic carbocycles. The van der Waals surface area contributed by atoms with E-state index < -0.39 is 11.1 Å². The first-order valence-electron chi connectivity index (χ1n) is 6.56. The predicted molar refractivity (Wildman–Crippen MR) is 71.7 cm³/mol. The molecule has 9 heteroatoms. The van der Waals surface area contributed by atoms with E-state index >= 15 is 0 Å². The molecule has 0 aromatic heterocycles. The normalized spacial score (nSPS) is 20.8. The van der Waals surface area contributed by atoms with Crippen LogP contribution in [0.15, 0.2) is 4.99 Å². The lowest BCUT2D eigenvalue weighted by Gasteiger charge is -2.22. The standard InChI is InChI=1S/C11H22N4O5/c1-14(7-10(17)2-4-16)11(13-15(18)19)12-6-9-3-5-20-8-9/h9-10,16-17H,2-8H2,1H3,(H,12,13). The van der Waals surface area contributed by atoms with Gasteiger partial charge in [0.2, 0.25) is 0 Å². The highest BCUT2D eigenvalue weighted by Gasteiger charge is 2.19. The van der Waals surface area contributed by atoms with Crippen LogP contribution in [0.5, 0.6) is 0 Å². The summed E-state index contributed by atoms with van der Waals surface area (Å²) in [4.78, 5) is 16.2. The molecule has 0 spiro atoms. The van der Waals surface area contributed by atoms with Crippen LogP contribution in [0.3, 0.4) is 0 Å². The third kappa shape index (κ3) is 6.13. The number of hydrogen-bond acceptors (Lipinski definition) is 6. The van der Waals surface area contributed by atoms with Crippen molar-refractivity contribution in [2.24, 2.45) is 10.9 Å². The lowest BCUT2D eigenvalue weighted by Crippen LogP contribution is -2.45. The predicted octanol–water partition coefficient (Wildman–Crippen LogP) is -1.16. The molecule has 0 bridgehead atoms. The van der Waals surface area contributed by atoms with Crippen LogP contribution in [0.4, 0.5) is 0 Å². The Labute approximate surface area is 117 Å². The first-order valence-corrected chi connectivity index (χ1v) is 6.56. The lowest BCUT2D eigenvalue weighted by atomic mass is 10.1. The molecule has 2 atom stereocenters. The van der Waals surface area contributed by atoms with Gasteiger partial charge in [0.1, 0.15) is 0 Å². The van der Waals surface area contributed by atoms with Crippen molar-refractivity contribution in [3.63, 3.8) is 0 Å². The topological polar surface area (TPSA) is 120 Å². The highest BCUT2D eigenvalue weighted by Crippen LogP contribution is 2.12. The number of hydrogen-bond donors (Lipinski definition) is 3. The van der Waals surface area contributed by atoms with Gasteiger partial charge in [-0.05, 0) is 12.8 Å². The van der Waals surface area contributed by atoms with Crippen molar-refractivity contribution in [1.29, 1.82) is 0 Å². The maximum absolute atomic E-state index is 10.6. The Balaban J connectivity index is 2.56. The summed E-state index contributed by atoms with van der Waals surface area (Å²) in [6.07, 6.45) is 0.345. The van der Waals surface area contributed by atoms with Crippen molar-refractivity contribution < 1.29 is 20.0 Å². The average molecular weight is 290 g/mol. The fraction of sp³-hybridized carbons (Fsp3) is 0.909. The van der Waals surface area contributed by atoms with Crippen LogP contribution in [0.2, 0.25) is 0 Å². The van der Waals surface area contributed by atoms with E-state index in [0.717, 1.165) is 6.42 Å². The molecule has 9 nitrogen and oxygen atoms in total. The van der Waals surface area contributed by atoms with Gasteiger partial charge < -0.3 is 19.8 Å². The lowest BCUT2D eigenvalue weighted by molar-refractivity contribution is -0.526. The molecule has 1 saturated heterocycles. The number of rotatable bonds is 7. The molecule has 0 amide bonds. The van der Waals surface area contributed by atoms with Crippen LogP contribution in [-0.4, -0.2) is 72.2 Å². The van der Waals surface area contributed by atoms with E-state index in [1.54, 1.807) is 7.05 Å². The fourth-order valence-electron chi connectivity index (χ4n) is 1.91. The van der Waals surface area contributed by atoms with Gasteiger partial charge in [0, 0.05) is 39.3 Å². The van der Waals surface area contributed by atoms with Crippen molar-refractivity contribution in [2.75, 3.05) is 40.0 Å². The maximum atomic E-state index is 10.6. The number of aliphatic hydroxyl groups excluding tert-OH is 2. The van der Waals surface area contributed by atoms with E-state index in [4.69, 9.17) is 9.84 Å². The molecular formula is C11H22N4O5. The highest BCUT2D eigenvalue weighted by molar-refractivity contribution is 5.78. The number of ether oxygens (including phenoxy) is 1. The van der Waals surface area contributed by atoms with E-state index in [1.807, 2.05) is 5.43 Å². The van der Waals surface area contributed by atoms with E-state index in [1.165, 1.54) is 4.90 Å². The number of nitrogens with one attached hydrogen (secondary N) is 1. The highest BCUT2D eigenvalue weighted by atomic mass is 16.7. The number of likely N-dealkylation sites (N-methyl/N-ethyl adjacent to an activating group) is 1. The minimum Gasteiger partial charge on any atom is -0.396 e. The van der Waals surface area contributed by atoms with Gasteiger partial charge in [0.25, 0.3) is 5.96 Å². The Morgan fingerprint density at radius 3 is 3.00 bits per heavy atom. The van der Waals surface area contributed by atoms with Crippen LogP contribution in [0.1, 0.15) is 12.8 Å². The molecule has 1 aliphatic rings. The van der Waals surface area contributed by atoms with Gasteiger partial charge in [0.05, 0.1) is 12.7 Å². The smallest absolute Gasteiger partial charge is 0.256 e. The molecular weight excluding hydrogens is 268 g/mol. The third-order valence-corrected chi connectivity index (χ3v) is 3.02. The molecule has 1 fully saturated rings. The molecule has 1 rings (SSSR count). The van der Waals surface area contributed by atoms with Crippen molar-refractivity contribution in [2.45, 2.75) is 18.9 Å². The number of nitrogens with zero attached hydrogens (tertiary/aromatic N) is 3. The molecule has 1 aliphatic heterocycles. The summed E-state index contributed by atoms with van der Waals surface area (Å²) < 4.78 is 5.22. The van der Waals surface area contributed by atoms with Gasteiger partial charge in [-0.3, -0.25) is 0 Å². The van der Waals surface area contributed by atoms with Gasteiger partial charge in [-0.2, -0.15) is 0 Å². The third-order valence-electron chi connectivity index (χ3n) is 3.02. The van der Waals surface area contributed by atoms with Gasteiger partial charge >= 0.3 is 0 Å². The second kappa shape index (κ2) is 8.67. The molecule has 0 aromatic rings. The number of aliphatic hydroxyl groups is 2. The summed E-state index contributed by atoms with van der Waals surface area (Å²) in [5, 5.41) is 28.2. The van der Waals surface area contributed by atoms with Crippen LogP contribution in [0.25, 0.3) is 0 Å². The van der Waals surface area contributed by atoms with E-state index in [0.29, 0.717) is 19.8 Å². The number of hydrazine groups is 1. The largest absolute Gasteiger partial charge is 0.396 e. The van der Waals surface area contributed by atoms with E-state index in [-0.39, 0.29) is 31.4 Å². The Hall–Kier alpha value is -1.45. The molecule has 2 unspecified atom stereocenters. The number of aliphatic imine (C=N–C) groups is 1. The van der Waals surface area contributed by atoms with E-state index in [2.05, 4.69) is 4.99 Å². The van der Waals surface area contributed by atoms with Crippen LogP contribution in [-0.2, 0) is 4.74 Å². The van der Waals surface area contributed by atoms with E-state index in [9.17, 15) is 15.2 Å². The van der Waals surface area contributed by atoms with Crippen LogP contribution in [0, 0.1) is 16.0 Å². The minimum atomic E-state index is -0.765. The summed E-state index contributed by atoms with van der Waals surface area (Å²) >= 11 is 0. The monoisotopic (exact) mass is 290 g/mol. The van der Waals surface area contributed by atoms with Crippen molar-refractivity contribution in [1.82, 2.24) is 10.3 Å². The summed E-state index contributed by atoms with van der Waals surface area (Å²) in [6, 6.07) is 0. The second-order valence-corrected chi connectivity index (χ2v) is 4.81. The minimum absolute atomic E-state index is 0.0962. The zero-order chi connectivity index (χ0) is 15.0. The average Bonchev–Trinajstić information content (AvgIpc) is 2.87. The first-order chi connectivity index (χ1) is 9.52. The Bertz CT molecular complexity index is 333. The second-order valence-electron chi connectivity index (χ2n) is 4.81. The molecule has 3 N–H and O–H groups in total. The summed E-state index contributed by atoms with van der Waals surface area (Å²) in [5.41, 5.74) is 2.03. The first kappa shape index (κ1) is 16.6. The summed E-state index contributed by atoms with van der Waals surface area (Å²) in [5.74, 6) is 0.369. The molecule has 20 heavy (non-hydrogen) atoms. The van der Waals surface area contributed by atoms with Gasteiger partial charge in [0.15, 0.2) is 5.03 Å². The number of nitro groups is 1. The zero-order valence-corrected chi connectivity index (χ0v) is 11.6. The molecule has 0 aliphatic carbocycles. The fourth-order valence-corrected chi connectivity index (χ4v) is 1.91. The van der Waals surface area contributed by atoms with Crippen molar-refractivity contribution >= 4 is 5.96 Å². The zero-order valence-electron chi connectivity index (χ0n) is 11.6. The Kier molecular flexibility index (Phi) is 7.20. The molecule has 0 saturated carbocycles. The SMILES string of the molecule is CN(CC(O)CCO)C(=NCC1CCOC1)N[N+](=O)[O-]. The quantitative estimate of drug-likeness (QED) is 0.234. The van der Waals surface area contributed by atoms with Crippen LogP contribution >= 0.6 is 0 Å². The van der Waals surface area contributed by atoms with Gasteiger partial charge in [-0.1, -0.05) is 5.43 Å². The van der Waals surface area contributed by atoms with Crippen molar-refractivity contribution in [3.8, 4) is 0 Å². The molecule has 0 radical (unpaired) electrons. The Morgan fingerprint density at radius 1 is 1.70 bits per heavy atom. The van der Waals surface area contributed by atoms with Gasteiger partial charge in [-0.15, -0.1) is 0 Å². The summed E-state index contributed by atoms with van der Waals surface area (Å²) in [7, 11) is 1.60. The summed E-state index contributed by atoms with van der Waals surface area (Å²) in [6.45, 7) is 1.77. The molecule has 1 heterocycles. The molecule has 116 valence electrons. The number of guanidine groups is 1. The van der Waals surface area contributed by atoms with Crippen LogP contribution < -0.4 is 5.43 Å².